The zero-order valence-corrected chi connectivity index (χ0v) is 17.9. The molecule has 0 N–H and O–H groups in total. The maximum absolute atomic E-state index is 2.54. The molecule has 0 aromatic heterocycles. The topological polar surface area (TPSA) is 0 Å². The summed E-state index contributed by atoms with van der Waals surface area (Å²) in [7, 11) is 0. The third-order valence-electron chi connectivity index (χ3n) is 4.51. The van der Waals surface area contributed by atoms with Crippen LogP contribution < -0.4 is 0 Å². The third kappa shape index (κ3) is 3.10. The van der Waals surface area contributed by atoms with Crippen molar-refractivity contribution in [3.63, 3.8) is 0 Å². The van der Waals surface area contributed by atoms with E-state index in [1.54, 1.807) is 0 Å². The predicted molar refractivity (Wildman–Crippen MR) is 125 cm³/mol. The van der Waals surface area contributed by atoms with Crippen LogP contribution in [0.5, 0.6) is 0 Å². The first-order valence-electron chi connectivity index (χ1n) is 8.21. The highest BCUT2D eigenvalue weighted by Gasteiger charge is 2.18. The molecule has 122 valence electrons. The molecule has 0 bridgehead atoms. The van der Waals surface area contributed by atoms with E-state index in [1.807, 2.05) is 0 Å². The molecule has 0 radical (unpaired) electrons. The number of fused-ring (bicyclic) bond motifs is 1. The Morgan fingerprint density at radius 3 is 1.52 bits per heavy atom. The smallest absolute Gasteiger partial charge is 0.0264 e. The first-order chi connectivity index (χ1) is 12.3. The second-order valence-electron chi connectivity index (χ2n) is 5.95. The van der Waals surface area contributed by atoms with E-state index in [0.29, 0.717) is 0 Å². The zero-order valence-electron chi connectivity index (χ0n) is 13.5. The summed E-state index contributed by atoms with van der Waals surface area (Å²) in [6.45, 7) is 0. The number of hydrogen-bond donors (Lipinski definition) is 0. The van der Waals surface area contributed by atoms with Gasteiger partial charge in [0.05, 0.1) is 0 Å². The van der Waals surface area contributed by atoms with Crippen LogP contribution in [0.1, 0.15) is 5.56 Å². The van der Waals surface area contributed by atoms with Crippen LogP contribution in [0.4, 0.5) is 0 Å². The second kappa shape index (κ2) is 7.46. The molecule has 0 amide bonds. The first-order valence-corrected chi connectivity index (χ1v) is 10.8. The Morgan fingerprint density at radius 2 is 1.00 bits per heavy atom. The van der Waals surface area contributed by atoms with E-state index in [4.69, 9.17) is 0 Å². The average Bonchev–Trinajstić information content (AvgIpc) is 2.68. The largest absolute Gasteiger partial charge is 0.0811 e. The minimum atomic E-state index is 0.991. The first kappa shape index (κ1) is 17.0. The molecule has 0 aliphatic carbocycles. The van der Waals surface area contributed by atoms with Crippen LogP contribution in [0.3, 0.4) is 0 Å². The van der Waals surface area contributed by atoms with E-state index in [0.717, 1.165) is 4.43 Å². The lowest BCUT2D eigenvalue weighted by atomic mass is 9.88. The number of benzene rings is 4. The fourth-order valence-corrected chi connectivity index (χ4v) is 5.96. The minimum Gasteiger partial charge on any atom is -0.0811 e. The van der Waals surface area contributed by atoms with Crippen LogP contribution in [0.25, 0.3) is 33.0 Å². The molecule has 0 spiro atoms. The van der Waals surface area contributed by atoms with Crippen LogP contribution in [0.15, 0.2) is 84.9 Å². The van der Waals surface area contributed by atoms with Gasteiger partial charge in [-0.15, -0.1) is 0 Å². The highest BCUT2D eigenvalue weighted by molar-refractivity contribution is 14.1. The van der Waals surface area contributed by atoms with E-state index >= 15 is 0 Å². The summed E-state index contributed by atoms with van der Waals surface area (Å²) in [5, 5.41) is 2.66. The number of alkyl halides is 1. The molecule has 0 nitrogen and oxygen atoms in total. The Bertz CT molecular complexity index is 1020. The summed E-state index contributed by atoms with van der Waals surface area (Å²) < 4.78 is 2.35. The molecule has 0 saturated carbocycles. The number of halogens is 2. The van der Waals surface area contributed by atoms with Gasteiger partial charge in [-0.25, -0.2) is 0 Å². The molecule has 0 aliphatic heterocycles. The third-order valence-corrected chi connectivity index (χ3v) is 6.46. The van der Waals surface area contributed by atoms with Crippen molar-refractivity contribution in [2.24, 2.45) is 0 Å². The lowest BCUT2D eigenvalue weighted by Crippen LogP contribution is -1.97. The summed E-state index contributed by atoms with van der Waals surface area (Å²) in [5.41, 5.74) is 6.72. The van der Waals surface area contributed by atoms with Gasteiger partial charge in [0, 0.05) is 13.6 Å². The molecular formula is C23H16I2. The molecular weight excluding hydrogens is 530 g/mol. The molecule has 4 rings (SSSR count). The van der Waals surface area contributed by atoms with Gasteiger partial charge >= 0.3 is 0 Å². The van der Waals surface area contributed by atoms with Gasteiger partial charge in [-0.1, -0.05) is 108 Å². The van der Waals surface area contributed by atoms with Gasteiger partial charge in [-0.2, -0.15) is 0 Å². The van der Waals surface area contributed by atoms with E-state index < -0.39 is 0 Å². The van der Waals surface area contributed by atoms with E-state index in [2.05, 4.69) is 130 Å². The Kier molecular flexibility index (Phi) is 5.08. The van der Waals surface area contributed by atoms with Crippen molar-refractivity contribution in [3.8, 4) is 22.3 Å². The Morgan fingerprint density at radius 1 is 0.560 bits per heavy atom. The van der Waals surface area contributed by atoms with Gasteiger partial charge < -0.3 is 0 Å². The van der Waals surface area contributed by atoms with Crippen LogP contribution in [0.2, 0.25) is 0 Å². The zero-order chi connectivity index (χ0) is 17.2. The Labute approximate surface area is 175 Å². The number of hydrogen-bond acceptors (Lipinski definition) is 0. The van der Waals surface area contributed by atoms with Crippen molar-refractivity contribution < 1.29 is 0 Å². The quantitative estimate of drug-likeness (QED) is 0.183. The van der Waals surface area contributed by atoms with Gasteiger partial charge in [-0.3, -0.25) is 0 Å². The fraction of sp³-hybridized carbons (Fsp3) is 0.0435. The maximum Gasteiger partial charge on any atom is 0.0264 e. The highest BCUT2D eigenvalue weighted by Crippen LogP contribution is 2.43. The van der Waals surface area contributed by atoms with Gasteiger partial charge in [0.15, 0.2) is 0 Å². The second-order valence-corrected chi connectivity index (χ2v) is 7.80. The molecule has 0 unspecified atom stereocenters. The predicted octanol–water partition coefficient (Wildman–Crippen LogP) is 7.71. The molecule has 4 aromatic carbocycles. The summed E-state index contributed by atoms with van der Waals surface area (Å²) in [5.74, 6) is 0. The fourth-order valence-electron chi connectivity index (χ4n) is 3.41. The van der Waals surface area contributed by atoms with Crippen LogP contribution in [-0.4, -0.2) is 0 Å². The normalized spacial score (nSPS) is 11.0. The monoisotopic (exact) mass is 546 g/mol. The van der Waals surface area contributed by atoms with Gasteiger partial charge in [0.1, 0.15) is 0 Å². The van der Waals surface area contributed by atoms with Crippen LogP contribution in [0, 0.1) is 3.57 Å². The maximum atomic E-state index is 2.54. The van der Waals surface area contributed by atoms with Crippen molar-refractivity contribution in [2.75, 3.05) is 0 Å². The molecule has 0 aliphatic rings. The van der Waals surface area contributed by atoms with Crippen LogP contribution >= 0.6 is 45.2 Å². The van der Waals surface area contributed by atoms with Crippen LogP contribution in [-0.2, 0) is 4.43 Å². The lowest BCUT2D eigenvalue weighted by molar-refractivity contribution is 1.43. The lowest BCUT2D eigenvalue weighted by Gasteiger charge is -2.19. The molecule has 0 heterocycles. The SMILES string of the molecule is ICc1c(I)c(-c2ccccc2)c2ccccc2c1-c1ccccc1. The van der Waals surface area contributed by atoms with Crippen molar-refractivity contribution in [1.82, 2.24) is 0 Å². The molecule has 25 heavy (non-hydrogen) atoms. The van der Waals surface area contributed by atoms with Crippen molar-refractivity contribution in [1.29, 1.82) is 0 Å². The number of rotatable bonds is 3. The van der Waals surface area contributed by atoms with Crippen molar-refractivity contribution >= 4 is 56.0 Å². The Hall–Kier alpha value is -1.40. The average molecular weight is 546 g/mol. The summed E-state index contributed by atoms with van der Waals surface area (Å²) >= 11 is 5.04. The van der Waals surface area contributed by atoms with Crippen molar-refractivity contribution in [2.45, 2.75) is 4.43 Å². The molecule has 0 fully saturated rings. The van der Waals surface area contributed by atoms with Gasteiger partial charge in [0.25, 0.3) is 0 Å². The summed E-state index contributed by atoms with van der Waals surface area (Å²) in [6.07, 6.45) is 0. The van der Waals surface area contributed by atoms with E-state index in [-0.39, 0.29) is 0 Å². The minimum absolute atomic E-state index is 0.991. The van der Waals surface area contributed by atoms with Gasteiger partial charge in [-0.05, 0) is 55.6 Å². The van der Waals surface area contributed by atoms with E-state index in [9.17, 15) is 0 Å². The Balaban J connectivity index is 2.16. The van der Waals surface area contributed by atoms with Crippen molar-refractivity contribution in [3.05, 3.63) is 94.1 Å². The molecule has 2 heteroatoms. The molecule has 0 saturated heterocycles. The summed E-state index contributed by atoms with van der Waals surface area (Å²) in [4.78, 5) is 0. The summed E-state index contributed by atoms with van der Waals surface area (Å²) in [6, 6.07) is 30.3. The highest BCUT2D eigenvalue weighted by atomic mass is 127. The standard InChI is InChI=1S/C23H16I2/c24-15-20-21(16-9-3-1-4-10-16)18-13-7-8-14-19(18)22(23(20)25)17-11-5-2-6-12-17/h1-14H,15H2. The van der Waals surface area contributed by atoms with Gasteiger partial charge in [0.2, 0.25) is 0 Å². The molecule has 0 atom stereocenters. The van der Waals surface area contributed by atoms with E-state index in [1.165, 1.54) is 42.2 Å². The molecule has 4 aromatic rings.